The number of nitro groups is 1. The lowest BCUT2D eigenvalue weighted by Gasteiger charge is -2.23. The van der Waals surface area contributed by atoms with E-state index < -0.39 is 4.92 Å². The van der Waals surface area contributed by atoms with Crippen LogP contribution in [0.25, 0.3) is 0 Å². The molecule has 8 heteroatoms. The van der Waals surface area contributed by atoms with Gasteiger partial charge < -0.3 is 16.0 Å². The largest absolute Gasteiger partial charge is 0.385 e. The van der Waals surface area contributed by atoms with E-state index in [0.29, 0.717) is 25.9 Å². The molecule has 0 aliphatic rings. The molecule has 0 fully saturated rings. The van der Waals surface area contributed by atoms with Crippen molar-refractivity contribution in [2.24, 2.45) is 5.73 Å². The Labute approximate surface area is 136 Å². The summed E-state index contributed by atoms with van der Waals surface area (Å²) in [5, 5.41) is 13.7. The number of anilines is 1. The van der Waals surface area contributed by atoms with Gasteiger partial charge in [0.15, 0.2) is 0 Å². The molecule has 124 valence electrons. The molecule has 0 saturated heterocycles. The number of nitrogens with zero attached hydrogens (tertiary/aromatic N) is 2. The van der Waals surface area contributed by atoms with E-state index in [4.69, 9.17) is 5.73 Å². The predicted octanol–water partition coefficient (Wildman–Crippen LogP) is 2.01. The first-order valence-electron chi connectivity index (χ1n) is 6.89. The van der Waals surface area contributed by atoms with E-state index in [9.17, 15) is 14.9 Å². The summed E-state index contributed by atoms with van der Waals surface area (Å²) in [5.41, 5.74) is 6.39. The van der Waals surface area contributed by atoms with Crippen LogP contribution in [-0.2, 0) is 4.79 Å². The minimum absolute atomic E-state index is 0. The topological polar surface area (TPSA) is 102 Å². The maximum Gasteiger partial charge on any atom is 0.269 e. The summed E-state index contributed by atoms with van der Waals surface area (Å²) in [6, 6.07) is 6.25. The van der Waals surface area contributed by atoms with Crippen LogP contribution in [0.5, 0.6) is 0 Å². The molecule has 0 radical (unpaired) electrons. The van der Waals surface area contributed by atoms with Gasteiger partial charge in [-0.25, -0.2) is 0 Å². The maximum atomic E-state index is 11.8. The Kier molecular flexibility index (Phi) is 9.12. The van der Waals surface area contributed by atoms with E-state index in [1.54, 1.807) is 24.1 Å². The molecule has 1 aromatic carbocycles. The zero-order chi connectivity index (χ0) is 15.8. The second-order valence-corrected chi connectivity index (χ2v) is 4.92. The minimum Gasteiger partial charge on any atom is -0.385 e. The number of likely N-dealkylation sites (N-methyl/N-ethyl adjacent to an activating group) is 1. The Balaban J connectivity index is 0.00000441. The van der Waals surface area contributed by atoms with E-state index in [1.807, 2.05) is 6.92 Å². The van der Waals surface area contributed by atoms with Crippen LogP contribution >= 0.6 is 12.4 Å². The summed E-state index contributed by atoms with van der Waals surface area (Å²) in [6.45, 7) is 2.99. The number of benzene rings is 1. The molecule has 0 bridgehead atoms. The van der Waals surface area contributed by atoms with Crippen LogP contribution in [0.15, 0.2) is 24.3 Å². The molecule has 1 aromatic rings. The van der Waals surface area contributed by atoms with Crippen LogP contribution in [0.4, 0.5) is 11.4 Å². The third-order valence-corrected chi connectivity index (χ3v) is 3.37. The van der Waals surface area contributed by atoms with Gasteiger partial charge in [-0.05, 0) is 25.5 Å². The van der Waals surface area contributed by atoms with Gasteiger partial charge >= 0.3 is 0 Å². The summed E-state index contributed by atoms with van der Waals surface area (Å²) in [6.07, 6.45) is 1.14. The van der Waals surface area contributed by atoms with Crippen molar-refractivity contribution in [2.75, 3.05) is 25.5 Å². The molecule has 3 N–H and O–H groups in total. The molecule has 0 aromatic heterocycles. The molecule has 1 atom stereocenters. The van der Waals surface area contributed by atoms with E-state index in [-0.39, 0.29) is 30.0 Å². The zero-order valence-corrected chi connectivity index (χ0v) is 13.6. The van der Waals surface area contributed by atoms with Gasteiger partial charge in [-0.2, -0.15) is 0 Å². The monoisotopic (exact) mass is 330 g/mol. The normalized spacial score (nSPS) is 11.2. The molecule has 0 spiro atoms. The van der Waals surface area contributed by atoms with Gasteiger partial charge in [0, 0.05) is 50.4 Å². The average Bonchev–Trinajstić information content (AvgIpc) is 2.50. The second-order valence-electron chi connectivity index (χ2n) is 4.92. The molecule has 1 amide bonds. The highest BCUT2D eigenvalue weighted by atomic mass is 35.5. The first kappa shape index (κ1) is 20.1. The van der Waals surface area contributed by atoms with Gasteiger partial charge in [-0.1, -0.05) is 0 Å². The maximum absolute atomic E-state index is 11.8. The van der Waals surface area contributed by atoms with Crippen molar-refractivity contribution in [1.82, 2.24) is 4.90 Å². The first-order valence-corrected chi connectivity index (χ1v) is 6.89. The Morgan fingerprint density at radius 3 is 2.50 bits per heavy atom. The second kappa shape index (κ2) is 9.97. The Morgan fingerprint density at radius 1 is 1.41 bits per heavy atom. The summed E-state index contributed by atoms with van der Waals surface area (Å²) in [7, 11) is 1.75. The van der Waals surface area contributed by atoms with Gasteiger partial charge in [0.05, 0.1) is 4.92 Å². The average molecular weight is 331 g/mol. The fourth-order valence-electron chi connectivity index (χ4n) is 1.75. The lowest BCUT2D eigenvalue weighted by atomic mass is 10.2. The Bertz CT molecular complexity index is 481. The molecular formula is C14H23ClN4O3. The first-order chi connectivity index (χ1) is 9.95. The Morgan fingerprint density at radius 2 is 2.00 bits per heavy atom. The van der Waals surface area contributed by atoms with Crippen molar-refractivity contribution in [2.45, 2.75) is 25.8 Å². The molecule has 0 aliphatic carbocycles. The number of hydrogen-bond donors (Lipinski definition) is 2. The van der Waals surface area contributed by atoms with Gasteiger partial charge in [0.1, 0.15) is 0 Å². The van der Waals surface area contributed by atoms with Crippen LogP contribution in [0.2, 0.25) is 0 Å². The molecule has 1 rings (SSSR count). The minimum atomic E-state index is -0.434. The molecular weight excluding hydrogens is 308 g/mol. The Hall–Kier alpha value is -1.86. The highest BCUT2D eigenvalue weighted by Crippen LogP contribution is 2.15. The van der Waals surface area contributed by atoms with Crippen molar-refractivity contribution in [3.05, 3.63) is 34.4 Å². The lowest BCUT2D eigenvalue weighted by Crippen LogP contribution is -2.39. The van der Waals surface area contributed by atoms with Crippen LogP contribution in [0.3, 0.4) is 0 Å². The number of halogens is 1. The molecule has 22 heavy (non-hydrogen) atoms. The van der Waals surface area contributed by atoms with Gasteiger partial charge in [-0.3, -0.25) is 14.9 Å². The van der Waals surface area contributed by atoms with Crippen LogP contribution in [0.1, 0.15) is 19.8 Å². The number of carbonyl (C=O) groups excluding carboxylic acids is 1. The molecule has 0 saturated carbocycles. The SMILES string of the molecule is CC(CN)N(C)C(=O)CCCNc1ccc([N+](=O)[O-])cc1.Cl. The van der Waals surface area contributed by atoms with Crippen LogP contribution in [0, 0.1) is 10.1 Å². The van der Waals surface area contributed by atoms with Crippen molar-refractivity contribution >= 4 is 29.7 Å². The highest BCUT2D eigenvalue weighted by molar-refractivity contribution is 5.85. The predicted molar refractivity (Wildman–Crippen MR) is 89.4 cm³/mol. The third kappa shape index (κ3) is 6.28. The summed E-state index contributed by atoms with van der Waals surface area (Å²) in [4.78, 5) is 23.6. The lowest BCUT2D eigenvalue weighted by molar-refractivity contribution is -0.384. The smallest absolute Gasteiger partial charge is 0.269 e. The van der Waals surface area contributed by atoms with Crippen LogP contribution in [-0.4, -0.2) is 41.9 Å². The number of nitrogens with two attached hydrogens (primary N) is 1. The quantitative estimate of drug-likeness (QED) is 0.431. The fraction of sp³-hybridized carbons (Fsp3) is 0.500. The number of rotatable bonds is 8. The van der Waals surface area contributed by atoms with Crippen LogP contribution < -0.4 is 11.1 Å². The summed E-state index contributed by atoms with van der Waals surface area (Å²) >= 11 is 0. The number of carbonyl (C=O) groups is 1. The standard InChI is InChI=1S/C14H22N4O3.ClH/c1-11(10-15)17(2)14(19)4-3-9-16-12-5-7-13(8-6-12)18(20)21;/h5-8,11,16H,3-4,9-10,15H2,1-2H3;1H. The van der Waals surface area contributed by atoms with Crippen molar-refractivity contribution in [1.29, 1.82) is 0 Å². The van der Waals surface area contributed by atoms with E-state index in [2.05, 4.69) is 5.32 Å². The van der Waals surface area contributed by atoms with Gasteiger partial charge in [0.2, 0.25) is 5.91 Å². The number of non-ortho nitro benzene ring substituents is 1. The summed E-state index contributed by atoms with van der Waals surface area (Å²) in [5.74, 6) is 0.0680. The van der Waals surface area contributed by atoms with E-state index in [0.717, 1.165) is 5.69 Å². The number of amides is 1. The van der Waals surface area contributed by atoms with Gasteiger partial charge in [-0.15, -0.1) is 12.4 Å². The zero-order valence-electron chi connectivity index (χ0n) is 12.8. The highest BCUT2D eigenvalue weighted by Gasteiger charge is 2.13. The van der Waals surface area contributed by atoms with Crippen molar-refractivity contribution < 1.29 is 9.72 Å². The summed E-state index contributed by atoms with van der Waals surface area (Å²) < 4.78 is 0. The number of hydrogen-bond acceptors (Lipinski definition) is 5. The molecule has 0 aliphatic heterocycles. The molecule has 7 nitrogen and oxygen atoms in total. The third-order valence-electron chi connectivity index (χ3n) is 3.37. The van der Waals surface area contributed by atoms with E-state index in [1.165, 1.54) is 12.1 Å². The number of nitrogens with one attached hydrogen (secondary N) is 1. The number of nitro benzene ring substituents is 1. The van der Waals surface area contributed by atoms with E-state index >= 15 is 0 Å². The van der Waals surface area contributed by atoms with Crippen molar-refractivity contribution in [3.63, 3.8) is 0 Å². The molecule has 1 unspecified atom stereocenters. The van der Waals surface area contributed by atoms with Crippen molar-refractivity contribution in [3.8, 4) is 0 Å². The fourth-order valence-corrected chi connectivity index (χ4v) is 1.75. The van der Waals surface area contributed by atoms with Gasteiger partial charge in [0.25, 0.3) is 5.69 Å². The molecule has 0 heterocycles.